The molecule has 0 N–H and O–H groups in total. The number of hydrogen-bond donors (Lipinski definition) is 0. The summed E-state index contributed by atoms with van der Waals surface area (Å²) in [5.41, 5.74) is -1.59. The molecule has 1 aliphatic carbocycles. The van der Waals surface area contributed by atoms with Crippen molar-refractivity contribution in [2.75, 3.05) is 0 Å². The number of alkyl halides is 3. The zero-order valence-electron chi connectivity index (χ0n) is 22.4. The van der Waals surface area contributed by atoms with E-state index in [2.05, 4.69) is 6.92 Å². The number of unbranched alkanes of at least 4 members (excludes halogenated alkanes) is 2. The van der Waals surface area contributed by atoms with Crippen LogP contribution in [0.2, 0.25) is 18.1 Å². The number of rotatable bonds is 9. The highest BCUT2D eigenvalue weighted by Gasteiger charge is 2.34. The van der Waals surface area contributed by atoms with E-state index in [1.807, 2.05) is 0 Å². The lowest BCUT2D eigenvalue weighted by molar-refractivity contribution is -0.139. The number of hydrogen-bond acceptors (Lipinski definition) is 0. The van der Waals surface area contributed by atoms with Crippen molar-refractivity contribution < 1.29 is 26.3 Å². The van der Waals surface area contributed by atoms with Crippen molar-refractivity contribution in [2.45, 2.75) is 108 Å². The maximum atomic E-state index is 15.0. The molecule has 7 heteroatoms. The minimum absolute atomic E-state index is 0.0678. The molecule has 0 amide bonds. The molecule has 0 spiro atoms. The Morgan fingerprint density at radius 2 is 1.37 bits per heavy atom. The van der Waals surface area contributed by atoms with E-state index in [0.717, 1.165) is 37.7 Å². The molecule has 1 saturated heterocycles. The van der Waals surface area contributed by atoms with Gasteiger partial charge in [-0.05, 0) is 78.8 Å². The summed E-state index contributed by atoms with van der Waals surface area (Å²) in [4.78, 5) is 0. The van der Waals surface area contributed by atoms with E-state index in [1.165, 1.54) is 75.2 Å². The van der Waals surface area contributed by atoms with Crippen LogP contribution >= 0.6 is 0 Å². The van der Waals surface area contributed by atoms with Crippen molar-refractivity contribution in [3.05, 3.63) is 58.9 Å². The average Bonchev–Trinajstić information content (AvgIpc) is 2.87. The molecule has 38 heavy (non-hydrogen) atoms. The van der Waals surface area contributed by atoms with Crippen LogP contribution in [-0.4, -0.2) is 8.80 Å². The molecule has 2 fully saturated rings. The van der Waals surface area contributed by atoms with Crippen LogP contribution in [0.5, 0.6) is 0 Å². The van der Waals surface area contributed by atoms with Gasteiger partial charge in [0.25, 0.3) is 0 Å². The van der Waals surface area contributed by atoms with Crippen LogP contribution < -0.4 is 0 Å². The first-order chi connectivity index (χ1) is 18.2. The fourth-order valence-corrected chi connectivity index (χ4v) is 10.4. The zero-order valence-corrected chi connectivity index (χ0v) is 23.5. The van der Waals surface area contributed by atoms with Crippen LogP contribution in [0.15, 0.2) is 30.3 Å². The second-order valence-electron chi connectivity index (χ2n) is 11.7. The number of halogens is 6. The monoisotopic (exact) mass is 554 g/mol. The maximum absolute atomic E-state index is 15.0. The van der Waals surface area contributed by atoms with Gasteiger partial charge in [-0.15, -0.1) is 0 Å². The van der Waals surface area contributed by atoms with Crippen molar-refractivity contribution in [1.82, 2.24) is 0 Å². The van der Waals surface area contributed by atoms with E-state index in [0.29, 0.717) is 23.6 Å². The quantitative estimate of drug-likeness (QED) is 0.164. The molecule has 0 aromatic heterocycles. The van der Waals surface area contributed by atoms with Crippen LogP contribution in [-0.2, 0) is 6.18 Å². The van der Waals surface area contributed by atoms with E-state index in [-0.39, 0.29) is 11.5 Å². The van der Waals surface area contributed by atoms with Crippen molar-refractivity contribution in [3.8, 4) is 11.1 Å². The SMILES string of the molecule is CCCCC[Si@H]1CC[C@H](CCC2CCC(c3cc(F)c(-c4ccc(C(F)(F)F)c(F)c4)c(F)c3)CC2)CC1. The Morgan fingerprint density at radius 1 is 0.763 bits per heavy atom. The van der Waals surface area contributed by atoms with Crippen molar-refractivity contribution in [1.29, 1.82) is 0 Å². The van der Waals surface area contributed by atoms with Gasteiger partial charge >= 0.3 is 6.18 Å². The molecule has 1 saturated carbocycles. The van der Waals surface area contributed by atoms with Gasteiger partial charge in [0.1, 0.15) is 17.5 Å². The molecule has 0 nitrogen and oxygen atoms in total. The molecule has 2 aromatic rings. The first-order valence-electron chi connectivity index (χ1n) is 14.5. The molecule has 0 unspecified atom stereocenters. The molecule has 210 valence electrons. The second kappa shape index (κ2) is 13.1. The fraction of sp³-hybridized carbons (Fsp3) is 0.613. The van der Waals surface area contributed by atoms with Crippen molar-refractivity contribution in [3.63, 3.8) is 0 Å². The summed E-state index contributed by atoms with van der Waals surface area (Å²) in [5.74, 6) is -1.65. The molecule has 1 aliphatic heterocycles. The van der Waals surface area contributed by atoms with Crippen LogP contribution in [0.25, 0.3) is 11.1 Å². The molecular formula is C31H40F6Si. The predicted molar refractivity (Wildman–Crippen MR) is 145 cm³/mol. The van der Waals surface area contributed by atoms with E-state index < -0.39 is 43.6 Å². The summed E-state index contributed by atoms with van der Waals surface area (Å²) in [5, 5.41) is 0. The zero-order chi connectivity index (χ0) is 27.3. The molecule has 0 bridgehead atoms. The highest BCUT2D eigenvalue weighted by atomic mass is 28.3. The van der Waals surface area contributed by atoms with Gasteiger partial charge in [0.15, 0.2) is 0 Å². The summed E-state index contributed by atoms with van der Waals surface area (Å²) < 4.78 is 82.4. The minimum atomic E-state index is -4.86. The van der Waals surface area contributed by atoms with E-state index in [4.69, 9.17) is 0 Å². The molecule has 4 rings (SSSR count). The Labute approximate surface area is 224 Å². The standard InChI is InChI=1S/C31H40F6Si/c1-2-3-4-15-38-16-13-22(14-17-38)6-5-21-7-9-23(10-8-21)25-19-28(33)30(29(34)20-25)24-11-12-26(27(32)18-24)31(35,36)37/h11-12,18-23,38H,2-10,13-17H2,1H3/t21?,22-,23?,38-. The van der Waals surface area contributed by atoms with Crippen LogP contribution in [0.1, 0.15) is 94.6 Å². The highest BCUT2D eigenvalue weighted by Crippen LogP contribution is 2.41. The van der Waals surface area contributed by atoms with Gasteiger partial charge in [-0.2, -0.15) is 13.2 Å². The van der Waals surface area contributed by atoms with Crippen molar-refractivity contribution in [2.24, 2.45) is 11.8 Å². The Kier molecular flexibility index (Phi) is 10.0. The van der Waals surface area contributed by atoms with E-state index in [1.54, 1.807) is 0 Å². The lowest BCUT2D eigenvalue weighted by atomic mass is 9.76. The largest absolute Gasteiger partial charge is 0.419 e. The van der Waals surface area contributed by atoms with Gasteiger partial charge < -0.3 is 0 Å². The van der Waals surface area contributed by atoms with Gasteiger partial charge in [-0.1, -0.05) is 76.1 Å². The first-order valence-corrected chi connectivity index (χ1v) is 17.0. The summed E-state index contributed by atoms with van der Waals surface area (Å²) in [7, 11) is -0.468. The molecule has 1 heterocycles. The fourth-order valence-electron chi connectivity index (χ4n) is 6.75. The topological polar surface area (TPSA) is 0 Å². The van der Waals surface area contributed by atoms with Gasteiger partial charge in [0.05, 0.1) is 11.1 Å². The maximum Gasteiger partial charge on any atom is 0.419 e. The number of benzene rings is 2. The van der Waals surface area contributed by atoms with Gasteiger partial charge in [-0.3, -0.25) is 0 Å². The summed E-state index contributed by atoms with van der Waals surface area (Å²) in [6.45, 7) is 2.27. The third-order valence-electron chi connectivity index (χ3n) is 9.11. The third kappa shape index (κ3) is 7.45. The molecule has 2 aromatic carbocycles. The lowest BCUT2D eigenvalue weighted by Gasteiger charge is -2.32. The minimum Gasteiger partial charge on any atom is -0.206 e. The van der Waals surface area contributed by atoms with Crippen LogP contribution in [0, 0.1) is 29.3 Å². The summed E-state index contributed by atoms with van der Waals surface area (Å²) in [6, 6.07) is 9.13. The van der Waals surface area contributed by atoms with Gasteiger partial charge in [0, 0.05) is 8.80 Å². The smallest absolute Gasteiger partial charge is 0.206 e. The Morgan fingerprint density at radius 3 is 1.92 bits per heavy atom. The predicted octanol–water partition coefficient (Wildman–Crippen LogP) is 10.7. The van der Waals surface area contributed by atoms with Gasteiger partial charge in [0.2, 0.25) is 0 Å². The Bertz CT molecular complexity index is 1030. The summed E-state index contributed by atoms with van der Waals surface area (Å²) in [6.07, 6.45) is 8.56. The van der Waals surface area contributed by atoms with Gasteiger partial charge in [-0.25, -0.2) is 13.2 Å². The average molecular weight is 555 g/mol. The Hall–Kier alpha value is -1.76. The van der Waals surface area contributed by atoms with E-state index in [9.17, 15) is 26.3 Å². The van der Waals surface area contributed by atoms with Crippen LogP contribution in [0.4, 0.5) is 26.3 Å². The molecule has 0 atom stereocenters. The lowest BCUT2D eigenvalue weighted by Crippen LogP contribution is -2.22. The highest BCUT2D eigenvalue weighted by molar-refractivity contribution is 6.58. The normalized spacial score (nSPS) is 24.5. The van der Waals surface area contributed by atoms with Crippen molar-refractivity contribution >= 4 is 8.80 Å². The molecule has 0 radical (unpaired) electrons. The molecule has 2 aliphatic rings. The van der Waals surface area contributed by atoms with E-state index >= 15 is 0 Å². The molecular weight excluding hydrogens is 514 g/mol. The third-order valence-corrected chi connectivity index (χ3v) is 12.6. The summed E-state index contributed by atoms with van der Waals surface area (Å²) >= 11 is 0. The second-order valence-corrected chi connectivity index (χ2v) is 15.2. The van der Waals surface area contributed by atoms with Crippen LogP contribution in [0.3, 0.4) is 0 Å². The first kappa shape index (κ1) is 29.2. The Balaban J connectivity index is 1.28.